The number of aryl methyl sites for hydroxylation is 1. The van der Waals surface area contributed by atoms with Crippen LogP contribution in [0.5, 0.6) is 0 Å². The molecular formula is C29H33NO4. The van der Waals surface area contributed by atoms with Crippen LogP contribution in [0, 0.1) is 0 Å². The van der Waals surface area contributed by atoms with Gasteiger partial charge in [-0.25, -0.2) is 0 Å². The maximum absolute atomic E-state index is 12.5. The molecule has 0 radical (unpaired) electrons. The number of ketones is 2. The summed E-state index contributed by atoms with van der Waals surface area (Å²) < 4.78 is 0. The molecule has 0 aliphatic carbocycles. The van der Waals surface area contributed by atoms with Gasteiger partial charge in [0.1, 0.15) is 11.2 Å². The van der Waals surface area contributed by atoms with Crippen LogP contribution in [0.15, 0.2) is 78.9 Å². The quantitative estimate of drug-likeness (QED) is 0.411. The zero-order chi connectivity index (χ0) is 25.1. The van der Waals surface area contributed by atoms with Gasteiger partial charge in [-0.3, -0.25) is 9.59 Å². The van der Waals surface area contributed by atoms with Crippen molar-refractivity contribution in [2.75, 3.05) is 0 Å². The maximum atomic E-state index is 12.5. The Balaban J connectivity index is 1.99. The van der Waals surface area contributed by atoms with E-state index < -0.39 is 16.7 Å². The molecular weight excluding hydrogens is 426 g/mol. The van der Waals surface area contributed by atoms with Gasteiger partial charge in [0.2, 0.25) is 0 Å². The van der Waals surface area contributed by atoms with E-state index in [1.165, 1.54) is 27.7 Å². The SMILES string of the molecule is CC(C)(O)C(=O)c1ccc(C(N)(CCc2ccccc2)c2ccc(C(=O)C(C)(C)O)cc2)cc1. The van der Waals surface area contributed by atoms with E-state index in [-0.39, 0.29) is 11.6 Å². The molecule has 0 saturated carbocycles. The number of hydrogen-bond acceptors (Lipinski definition) is 5. The van der Waals surface area contributed by atoms with Gasteiger partial charge < -0.3 is 15.9 Å². The maximum Gasteiger partial charge on any atom is 0.193 e. The molecule has 0 aliphatic rings. The van der Waals surface area contributed by atoms with Crippen LogP contribution in [-0.4, -0.2) is 33.0 Å². The molecule has 0 amide bonds. The van der Waals surface area contributed by atoms with Crippen LogP contribution in [0.3, 0.4) is 0 Å². The first-order valence-corrected chi connectivity index (χ1v) is 11.4. The standard InChI is InChI=1S/C29H33NO4/c1-27(2,33)25(31)21-10-14-23(15-11-21)29(30,19-18-20-8-6-5-7-9-20)24-16-12-22(13-17-24)26(32)28(3,4)34/h5-17,33-34H,18-19,30H2,1-4H3. The van der Waals surface area contributed by atoms with Crippen molar-refractivity contribution < 1.29 is 19.8 Å². The van der Waals surface area contributed by atoms with E-state index in [2.05, 4.69) is 12.1 Å². The molecule has 3 aromatic carbocycles. The van der Waals surface area contributed by atoms with Gasteiger partial charge in [-0.2, -0.15) is 0 Å². The van der Waals surface area contributed by atoms with Gasteiger partial charge in [0.25, 0.3) is 0 Å². The summed E-state index contributed by atoms with van der Waals surface area (Å²) in [6.45, 7) is 5.86. The van der Waals surface area contributed by atoms with E-state index in [9.17, 15) is 19.8 Å². The van der Waals surface area contributed by atoms with Crippen LogP contribution in [0.1, 0.15) is 71.5 Å². The molecule has 3 rings (SSSR count). The Morgan fingerprint density at radius 2 is 1.06 bits per heavy atom. The molecule has 0 heterocycles. The molecule has 34 heavy (non-hydrogen) atoms. The fourth-order valence-corrected chi connectivity index (χ4v) is 3.99. The van der Waals surface area contributed by atoms with Crippen molar-refractivity contribution in [1.82, 2.24) is 0 Å². The fraction of sp³-hybridized carbons (Fsp3) is 0.310. The van der Waals surface area contributed by atoms with E-state index in [0.717, 1.165) is 23.1 Å². The largest absolute Gasteiger partial charge is 0.382 e. The minimum absolute atomic E-state index is 0.361. The fourth-order valence-electron chi connectivity index (χ4n) is 3.99. The Hall–Kier alpha value is -3.12. The summed E-state index contributed by atoms with van der Waals surface area (Å²) in [6.07, 6.45) is 1.32. The Kier molecular flexibility index (Phi) is 7.22. The van der Waals surface area contributed by atoms with Crippen LogP contribution < -0.4 is 5.73 Å². The highest BCUT2D eigenvalue weighted by Gasteiger charge is 2.32. The minimum Gasteiger partial charge on any atom is -0.382 e. The first kappa shape index (κ1) is 25.5. The van der Waals surface area contributed by atoms with E-state index in [0.29, 0.717) is 17.5 Å². The molecule has 0 atom stereocenters. The Morgan fingerprint density at radius 3 is 1.41 bits per heavy atom. The van der Waals surface area contributed by atoms with Crippen molar-refractivity contribution in [2.45, 2.75) is 57.3 Å². The van der Waals surface area contributed by atoms with Crippen molar-refractivity contribution in [1.29, 1.82) is 0 Å². The second-order valence-electron chi connectivity index (χ2n) is 9.89. The van der Waals surface area contributed by atoms with Crippen molar-refractivity contribution in [2.24, 2.45) is 5.73 Å². The summed E-state index contributed by atoms with van der Waals surface area (Å²) >= 11 is 0. The van der Waals surface area contributed by atoms with Gasteiger partial charge in [-0.05, 0) is 57.2 Å². The first-order valence-electron chi connectivity index (χ1n) is 11.4. The highest BCUT2D eigenvalue weighted by atomic mass is 16.3. The number of benzene rings is 3. The predicted octanol–water partition coefficient (Wildman–Crippen LogP) is 4.43. The predicted molar refractivity (Wildman–Crippen MR) is 134 cm³/mol. The van der Waals surface area contributed by atoms with E-state index in [1.54, 1.807) is 24.3 Å². The monoisotopic (exact) mass is 459 g/mol. The molecule has 0 bridgehead atoms. The van der Waals surface area contributed by atoms with E-state index >= 15 is 0 Å². The number of aliphatic hydroxyl groups is 2. The Labute approximate surface area is 201 Å². The second kappa shape index (κ2) is 9.63. The van der Waals surface area contributed by atoms with Gasteiger partial charge in [-0.1, -0.05) is 78.9 Å². The number of hydrogen-bond donors (Lipinski definition) is 3. The third-order valence-corrected chi connectivity index (χ3v) is 6.09. The molecule has 0 saturated heterocycles. The van der Waals surface area contributed by atoms with Crippen molar-refractivity contribution in [3.63, 3.8) is 0 Å². The average molecular weight is 460 g/mol. The lowest BCUT2D eigenvalue weighted by molar-refractivity contribution is 0.0487. The van der Waals surface area contributed by atoms with Crippen LogP contribution in [0.25, 0.3) is 0 Å². The number of carbonyl (C=O) groups is 2. The molecule has 0 aromatic heterocycles. The number of rotatable bonds is 9. The van der Waals surface area contributed by atoms with Gasteiger partial charge in [0.15, 0.2) is 11.6 Å². The second-order valence-corrected chi connectivity index (χ2v) is 9.89. The molecule has 5 nitrogen and oxygen atoms in total. The van der Waals surface area contributed by atoms with Crippen LogP contribution in [0.4, 0.5) is 0 Å². The molecule has 4 N–H and O–H groups in total. The summed E-state index contributed by atoms with van der Waals surface area (Å²) in [7, 11) is 0. The van der Waals surface area contributed by atoms with Gasteiger partial charge in [0, 0.05) is 11.1 Å². The number of carbonyl (C=O) groups excluding carboxylic acids is 2. The Bertz CT molecular complexity index is 1070. The van der Waals surface area contributed by atoms with Crippen molar-refractivity contribution >= 4 is 11.6 Å². The molecule has 5 heteroatoms. The molecule has 0 unspecified atom stereocenters. The zero-order valence-electron chi connectivity index (χ0n) is 20.2. The lowest BCUT2D eigenvalue weighted by Crippen LogP contribution is -2.39. The highest BCUT2D eigenvalue weighted by Crippen LogP contribution is 2.33. The van der Waals surface area contributed by atoms with Gasteiger partial charge in [-0.15, -0.1) is 0 Å². The Morgan fingerprint density at radius 1 is 0.676 bits per heavy atom. The lowest BCUT2D eigenvalue weighted by atomic mass is 9.78. The smallest absolute Gasteiger partial charge is 0.193 e. The lowest BCUT2D eigenvalue weighted by Gasteiger charge is -2.32. The third kappa shape index (κ3) is 5.68. The first-order chi connectivity index (χ1) is 15.8. The highest BCUT2D eigenvalue weighted by molar-refractivity contribution is 6.02. The summed E-state index contributed by atoms with van der Waals surface area (Å²) in [4.78, 5) is 24.9. The van der Waals surface area contributed by atoms with Crippen LogP contribution in [0.2, 0.25) is 0 Å². The van der Waals surface area contributed by atoms with Gasteiger partial charge in [0.05, 0.1) is 5.54 Å². The minimum atomic E-state index is -1.46. The summed E-state index contributed by atoms with van der Waals surface area (Å²) in [5.41, 5.74) is 6.84. The molecule has 0 aliphatic heterocycles. The summed E-state index contributed by atoms with van der Waals surface area (Å²) in [5.74, 6) is -0.721. The van der Waals surface area contributed by atoms with Crippen molar-refractivity contribution in [3.05, 3.63) is 107 Å². The molecule has 0 spiro atoms. The van der Waals surface area contributed by atoms with Crippen LogP contribution >= 0.6 is 0 Å². The summed E-state index contributed by atoms with van der Waals surface area (Å²) in [5, 5.41) is 20.1. The number of nitrogens with two attached hydrogens (primary N) is 1. The van der Waals surface area contributed by atoms with E-state index in [1.807, 2.05) is 42.5 Å². The number of Topliss-reactive ketones (excluding diaryl/α,β-unsaturated/α-hetero) is 2. The summed E-state index contributed by atoms with van der Waals surface area (Å²) in [6, 6.07) is 24.1. The average Bonchev–Trinajstić information content (AvgIpc) is 2.81. The van der Waals surface area contributed by atoms with Crippen molar-refractivity contribution in [3.8, 4) is 0 Å². The zero-order valence-corrected chi connectivity index (χ0v) is 20.2. The molecule has 3 aromatic rings. The third-order valence-electron chi connectivity index (χ3n) is 6.09. The van der Waals surface area contributed by atoms with E-state index in [4.69, 9.17) is 5.73 Å². The normalized spacial score (nSPS) is 12.4. The topological polar surface area (TPSA) is 101 Å². The van der Waals surface area contributed by atoms with Crippen LogP contribution in [-0.2, 0) is 12.0 Å². The molecule has 178 valence electrons. The van der Waals surface area contributed by atoms with Gasteiger partial charge >= 0.3 is 0 Å². The molecule has 0 fully saturated rings.